The van der Waals surface area contributed by atoms with E-state index in [0.29, 0.717) is 24.3 Å². The number of ether oxygens (including phenoxy) is 2. The smallest absolute Gasteiger partial charge is 0.421 e. The van der Waals surface area contributed by atoms with Crippen LogP contribution in [-0.4, -0.2) is 40.2 Å². The second-order valence-electron chi connectivity index (χ2n) is 6.44. The van der Waals surface area contributed by atoms with E-state index in [0.717, 1.165) is 5.56 Å². The highest BCUT2D eigenvalue weighted by atomic mass is 32.2. The quantitative estimate of drug-likeness (QED) is 0.679. The Hall–Kier alpha value is -3.07. The molecule has 2 aromatic carbocycles. The second-order valence-corrected chi connectivity index (χ2v) is 8.12. The Kier molecular flexibility index (Phi) is 7.60. The number of benzene rings is 2. The van der Waals surface area contributed by atoms with Gasteiger partial charge in [-0.2, -0.15) is 0 Å². The van der Waals surface area contributed by atoms with Crippen LogP contribution in [0.1, 0.15) is 29.8 Å². The molecule has 2 rings (SSSR count). The van der Waals surface area contributed by atoms with E-state index in [1.165, 1.54) is 19.2 Å². The van der Waals surface area contributed by atoms with E-state index in [-0.39, 0.29) is 10.8 Å². The first kappa shape index (κ1) is 22.2. The number of rotatable bonds is 8. The molecule has 29 heavy (non-hydrogen) atoms. The van der Waals surface area contributed by atoms with Gasteiger partial charge in [-0.25, -0.2) is 17.9 Å². The molecule has 2 amide bonds. The Morgan fingerprint density at radius 2 is 1.76 bits per heavy atom. The summed E-state index contributed by atoms with van der Waals surface area (Å²) in [5.41, 5.74) is 1.32. The van der Waals surface area contributed by atoms with Crippen molar-refractivity contribution in [3.8, 4) is 5.75 Å². The van der Waals surface area contributed by atoms with Crippen molar-refractivity contribution in [1.82, 2.24) is 10.0 Å². The van der Waals surface area contributed by atoms with Gasteiger partial charge >= 0.3 is 6.09 Å². The van der Waals surface area contributed by atoms with Crippen molar-refractivity contribution in [2.24, 2.45) is 0 Å². The third-order valence-electron chi connectivity index (χ3n) is 3.83. The minimum atomic E-state index is -4.00. The Balaban J connectivity index is 1.90. The summed E-state index contributed by atoms with van der Waals surface area (Å²) in [6, 6.07) is 12.9. The molecule has 0 aliphatic carbocycles. The van der Waals surface area contributed by atoms with Crippen LogP contribution in [0.4, 0.5) is 4.79 Å². The van der Waals surface area contributed by atoms with E-state index >= 15 is 0 Å². The Labute approximate surface area is 170 Å². The molecule has 156 valence electrons. The van der Waals surface area contributed by atoms with Crippen molar-refractivity contribution in [2.45, 2.75) is 31.3 Å². The first-order valence-corrected chi connectivity index (χ1v) is 10.4. The van der Waals surface area contributed by atoms with Crippen LogP contribution in [0.3, 0.4) is 0 Å². The minimum absolute atomic E-state index is 0.0534. The monoisotopic (exact) mass is 420 g/mol. The van der Waals surface area contributed by atoms with Crippen LogP contribution >= 0.6 is 0 Å². The average Bonchev–Trinajstić information content (AvgIpc) is 2.67. The molecule has 0 fully saturated rings. The van der Waals surface area contributed by atoms with E-state index in [1.807, 2.05) is 4.72 Å². The molecule has 0 unspecified atom stereocenters. The lowest BCUT2D eigenvalue weighted by atomic mass is 10.1. The number of hydrogen-bond acceptors (Lipinski definition) is 6. The normalized spacial score (nSPS) is 11.0. The number of nitrogens with one attached hydrogen (secondary N) is 2. The van der Waals surface area contributed by atoms with Crippen molar-refractivity contribution < 1.29 is 27.5 Å². The van der Waals surface area contributed by atoms with Crippen LogP contribution in [0.25, 0.3) is 0 Å². The number of hydrogen-bond donors (Lipinski definition) is 2. The molecule has 2 N–H and O–H groups in total. The van der Waals surface area contributed by atoms with Crippen LogP contribution < -0.4 is 14.8 Å². The third-order valence-corrected chi connectivity index (χ3v) is 5.15. The maximum absolute atomic E-state index is 12.2. The van der Waals surface area contributed by atoms with Gasteiger partial charge in [-0.05, 0) is 56.2 Å². The number of sulfonamides is 1. The molecule has 0 heterocycles. The van der Waals surface area contributed by atoms with Crippen LogP contribution in [0.5, 0.6) is 5.75 Å². The first-order chi connectivity index (χ1) is 13.7. The molecule has 0 spiro atoms. The van der Waals surface area contributed by atoms with Gasteiger partial charge in [0.15, 0.2) is 0 Å². The molecule has 0 radical (unpaired) electrons. The standard InChI is InChI=1S/C20H24N2O6S/c1-14(2)28-20(24)22-29(25,26)18-9-7-15(8-10-18)11-12-21-19(23)16-5-4-6-17(13-16)27-3/h4-10,13-14H,11-12H2,1-3H3,(H,21,23)(H,22,24). The largest absolute Gasteiger partial charge is 0.497 e. The number of amides is 2. The number of carbonyl (C=O) groups is 2. The van der Waals surface area contributed by atoms with E-state index in [4.69, 9.17) is 9.47 Å². The zero-order chi connectivity index (χ0) is 21.4. The molecule has 0 saturated heterocycles. The van der Waals surface area contributed by atoms with Gasteiger partial charge in [0.25, 0.3) is 15.9 Å². The molecule has 8 nitrogen and oxygen atoms in total. The number of carbonyl (C=O) groups excluding carboxylic acids is 2. The van der Waals surface area contributed by atoms with Crippen molar-refractivity contribution in [1.29, 1.82) is 0 Å². The number of methoxy groups -OCH3 is 1. The molecule has 0 bridgehead atoms. The van der Waals surface area contributed by atoms with E-state index in [9.17, 15) is 18.0 Å². The predicted molar refractivity (Wildman–Crippen MR) is 107 cm³/mol. The molecule has 0 aliphatic rings. The SMILES string of the molecule is COc1cccc(C(=O)NCCc2ccc(S(=O)(=O)NC(=O)OC(C)C)cc2)c1. The van der Waals surface area contributed by atoms with Crippen molar-refractivity contribution in [3.05, 3.63) is 59.7 Å². The third kappa shape index (κ3) is 6.79. The van der Waals surface area contributed by atoms with Gasteiger partial charge in [0.2, 0.25) is 0 Å². The summed E-state index contributed by atoms with van der Waals surface area (Å²) < 4.78 is 36.1. The summed E-state index contributed by atoms with van der Waals surface area (Å²) in [4.78, 5) is 23.6. The maximum atomic E-state index is 12.2. The summed E-state index contributed by atoms with van der Waals surface area (Å²) in [6.07, 6.45) is -0.942. The minimum Gasteiger partial charge on any atom is -0.497 e. The zero-order valence-electron chi connectivity index (χ0n) is 16.5. The molecule has 0 saturated carbocycles. The van der Waals surface area contributed by atoms with Crippen molar-refractivity contribution in [3.63, 3.8) is 0 Å². The van der Waals surface area contributed by atoms with Gasteiger partial charge in [-0.1, -0.05) is 18.2 Å². The van der Waals surface area contributed by atoms with Crippen molar-refractivity contribution in [2.75, 3.05) is 13.7 Å². The van der Waals surface area contributed by atoms with E-state index in [2.05, 4.69) is 5.32 Å². The zero-order valence-corrected chi connectivity index (χ0v) is 17.3. The van der Waals surface area contributed by atoms with Crippen LogP contribution in [0.2, 0.25) is 0 Å². The molecule has 0 atom stereocenters. The highest BCUT2D eigenvalue weighted by molar-refractivity contribution is 7.90. The van der Waals surface area contributed by atoms with Gasteiger partial charge in [-0.3, -0.25) is 4.79 Å². The van der Waals surface area contributed by atoms with Crippen LogP contribution in [0, 0.1) is 0 Å². The van der Waals surface area contributed by atoms with Gasteiger partial charge in [0.1, 0.15) is 5.75 Å². The lowest BCUT2D eigenvalue weighted by molar-refractivity contribution is 0.0953. The lowest BCUT2D eigenvalue weighted by Crippen LogP contribution is -2.32. The Morgan fingerprint density at radius 1 is 1.07 bits per heavy atom. The fourth-order valence-electron chi connectivity index (χ4n) is 2.43. The fraction of sp³-hybridized carbons (Fsp3) is 0.300. The molecule has 2 aromatic rings. The average molecular weight is 420 g/mol. The van der Waals surface area contributed by atoms with Crippen LogP contribution in [0.15, 0.2) is 53.4 Å². The first-order valence-electron chi connectivity index (χ1n) is 8.96. The van der Waals surface area contributed by atoms with E-state index in [1.54, 1.807) is 50.2 Å². The van der Waals surface area contributed by atoms with Gasteiger partial charge < -0.3 is 14.8 Å². The molecule has 0 aromatic heterocycles. The van der Waals surface area contributed by atoms with E-state index < -0.39 is 22.2 Å². The maximum Gasteiger partial charge on any atom is 0.421 e. The molecule has 9 heteroatoms. The summed E-state index contributed by atoms with van der Waals surface area (Å²) >= 11 is 0. The highest BCUT2D eigenvalue weighted by Gasteiger charge is 2.19. The Morgan fingerprint density at radius 3 is 2.38 bits per heavy atom. The molecule has 0 aliphatic heterocycles. The molecular weight excluding hydrogens is 396 g/mol. The van der Waals surface area contributed by atoms with Crippen LogP contribution in [-0.2, 0) is 21.2 Å². The van der Waals surface area contributed by atoms with Crippen molar-refractivity contribution >= 4 is 22.0 Å². The summed E-state index contributed by atoms with van der Waals surface area (Å²) in [5, 5.41) is 2.80. The Bertz CT molecular complexity index is 955. The highest BCUT2D eigenvalue weighted by Crippen LogP contribution is 2.13. The second kappa shape index (κ2) is 9.92. The lowest BCUT2D eigenvalue weighted by Gasteiger charge is -2.10. The van der Waals surface area contributed by atoms with Gasteiger partial charge in [0, 0.05) is 12.1 Å². The summed E-state index contributed by atoms with van der Waals surface area (Å²) in [5.74, 6) is 0.372. The molecular formula is C20H24N2O6S. The topological polar surface area (TPSA) is 111 Å². The summed E-state index contributed by atoms with van der Waals surface area (Å²) in [7, 11) is -2.47. The summed E-state index contributed by atoms with van der Waals surface area (Å²) in [6.45, 7) is 3.61. The van der Waals surface area contributed by atoms with Gasteiger partial charge in [-0.15, -0.1) is 0 Å². The fourth-order valence-corrected chi connectivity index (χ4v) is 3.31. The van der Waals surface area contributed by atoms with Gasteiger partial charge in [0.05, 0.1) is 18.1 Å². The predicted octanol–water partition coefficient (Wildman–Crippen LogP) is 2.49.